The van der Waals surface area contributed by atoms with Gasteiger partial charge in [-0.3, -0.25) is 15.0 Å². The van der Waals surface area contributed by atoms with Crippen LogP contribution in [-0.4, -0.2) is 22.9 Å². The van der Waals surface area contributed by atoms with Gasteiger partial charge in [0.05, 0.1) is 4.92 Å². The SMILES string of the molecule is Nc1cc([N+](=O)[O-])ccc1C1CCN(Cc2ccccc2)CC1. The van der Waals surface area contributed by atoms with Crippen LogP contribution < -0.4 is 5.73 Å². The Labute approximate surface area is 135 Å². The number of nitrogens with zero attached hydrogens (tertiary/aromatic N) is 2. The van der Waals surface area contributed by atoms with Crippen LogP contribution in [0.25, 0.3) is 0 Å². The van der Waals surface area contributed by atoms with Crippen molar-refractivity contribution >= 4 is 11.4 Å². The Morgan fingerprint density at radius 2 is 1.83 bits per heavy atom. The molecule has 1 fully saturated rings. The van der Waals surface area contributed by atoms with Gasteiger partial charge < -0.3 is 5.73 Å². The molecule has 0 amide bonds. The van der Waals surface area contributed by atoms with Crippen LogP contribution in [0.15, 0.2) is 48.5 Å². The van der Waals surface area contributed by atoms with Crippen LogP contribution >= 0.6 is 0 Å². The Morgan fingerprint density at radius 1 is 1.13 bits per heavy atom. The predicted octanol–water partition coefficient (Wildman–Crippen LogP) is 3.56. The van der Waals surface area contributed by atoms with Crippen molar-refractivity contribution in [2.75, 3.05) is 18.8 Å². The standard InChI is InChI=1S/C18H21N3O2/c19-18-12-16(21(22)23)6-7-17(18)15-8-10-20(11-9-15)13-14-4-2-1-3-5-14/h1-7,12,15H,8-11,13,19H2. The van der Waals surface area contributed by atoms with Gasteiger partial charge in [0.1, 0.15) is 0 Å². The van der Waals surface area contributed by atoms with Crippen molar-refractivity contribution in [3.63, 3.8) is 0 Å². The molecular formula is C18H21N3O2. The fourth-order valence-corrected chi connectivity index (χ4v) is 3.29. The Balaban J connectivity index is 1.62. The molecule has 2 aromatic rings. The molecule has 5 nitrogen and oxygen atoms in total. The summed E-state index contributed by atoms with van der Waals surface area (Å²) in [7, 11) is 0. The molecule has 0 aliphatic carbocycles. The van der Waals surface area contributed by atoms with Crippen LogP contribution in [0.4, 0.5) is 11.4 Å². The van der Waals surface area contributed by atoms with Crippen molar-refractivity contribution < 1.29 is 4.92 Å². The van der Waals surface area contributed by atoms with E-state index >= 15 is 0 Å². The maximum absolute atomic E-state index is 10.8. The molecule has 0 radical (unpaired) electrons. The van der Waals surface area contributed by atoms with Gasteiger partial charge in [-0.1, -0.05) is 30.3 Å². The first-order chi connectivity index (χ1) is 11.1. The molecule has 0 atom stereocenters. The third kappa shape index (κ3) is 3.68. The Bertz CT molecular complexity index is 680. The number of rotatable bonds is 4. The van der Waals surface area contributed by atoms with E-state index in [9.17, 15) is 10.1 Å². The average Bonchev–Trinajstić information content (AvgIpc) is 2.56. The lowest BCUT2D eigenvalue weighted by atomic mass is 9.88. The Morgan fingerprint density at radius 3 is 2.43 bits per heavy atom. The lowest BCUT2D eigenvalue weighted by Crippen LogP contribution is -2.32. The Kier molecular flexibility index (Phi) is 4.57. The molecule has 1 aliphatic heterocycles. The molecule has 3 rings (SSSR count). The summed E-state index contributed by atoms with van der Waals surface area (Å²) < 4.78 is 0. The molecule has 1 heterocycles. The summed E-state index contributed by atoms with van der Waals surface area (Å²) in [5.41, 5.74) is 9.02. The highest BCUT2D eigenvalue weighted by atomic mass is 16.6. The third-order valence-electron chi connectivity index (χ3n) is 4.56. The molecule has 0 spiro atoms. The summed E-state index contributed by atoms with van der Waals surface area (Å²) in [4.78, 5) is 12.9. The van der Waals surface area contributed by atoms with Gasteiger partial charge in [-0.25, -0.2) is 0 Å². The van der Waals surface area contributed by atoms with E-state index < -0.39 is 4.92 Å². The van der Waals surface area contributed by atoms with Crippen molar-refractivity contribution in [1.29, 1.82) is 0 Å². The van der Waals surface area contributed by atoms with Gasteiger partial charge in [0.2, 0.25) is 0 Å². The second kappa shape index (κ2) is 6.79. The topological polar surface area (TPSA) is 72.4 Å². The lowest BCUT2D eigenvalue weighted by Gasteiger charge is -2.32. The van der Waals surface area contributed by atoms with E-state index in [1.54, 1.807) is 6.07 Å². The molecule has 0 bridgehead atoms. The van der Waals surface area contributed by atoms with Gasteiger partial charge in [-0.05, 0) is 49.0 Å². The van der Waals surface area contributed by atoms with E-state index in [4.69, 9.17) is 5.73 Å². The van der Waals surface area contributed by atoms with Crippen molar-refractivity contribution in [2.45, 2.75) is 25.3 Å². The summed E-state index contributed by atoms with van der Waals surface area (Å²) in [5.74, 6) is 0.392. The van der Waals surface area contributed by atoms with Crippen LogP contribution in [0.1, 0.15) is 29.9 Å². The lowest BCUT2D eigenvalue weighted by molar-refractivity contribution is -0.384. The van der Waals surface area contributed by atoms with Gasteiger partial charge in [0.25, 0.3) is 5.69 Å². The fourth-order valence-electron chi connectivity index (χ4n) is 3.29. The van der Waals surface area contributed by atoms with Gasteiger partial charge in [0, 0.05) is 24.4 Å². The van der Waals surface area contributed by atoms with Gasteiger partial charge in [0.15, 0.2) is 0 Å². The minimum absolute atomic E-state index is 0.0627. The van der Waals surface area contributed by atoms with Crippen LogP contribution in [0.2, 0.25) is 0 Å². The van der Waals surface area contributed by atoms with Crippen LogP contribution in [0.3, 0.4) is 0 Å². The molecular weight excluding hydrogens is 290 g/mol. The van der Waals surface area contributed by atoms with E-state index in [2.05, 4.69) is 29.2 Å². The van der Waals surface area contributed by atoms with Crippen LogP contribution in [-0.2, 0) is 6.54 Å². The molecule has 2 N–H and O–H groups in total. The minimum Gasteiger partial charge on any atom is -0.398 e. The fraction of sp³-hybridized carbons (Fsp3) is 0.333. The number of nitro groups is 1. The average molecular weight is 311 g/mol. The third-order valence-corrected chi connectivity index (χ3v) is 4.56. The highest BCUT2D eigenvalue weighted by molar-refractivity contribution is 5.55. The number of hydrogen-bond donors (Lipinski definition) is 1. The molecule has 2 aromatic carbocycles. The molecule has 1 aliphatic rings. The zero-order valence-corrected chi connectivity index (χ0v) is 13.0. The van der Waals surface area contributed by atoms with E-state index in [-0.39, 0.29) is 5.69 Å². The largest absolute Gasteiger partial charge is 0.398 e. The molecule has 0 saturated carbocycles. The molecule has 5 heteroatoms. The second-order valence-corrected chi connectivity index (χ2v) is 6.11. The molecule has 120 valence electrons. The first-order valence-electron chi connectivity index (χ1n) is 7.93. The number of piperidine rings is 1. The highest BCUT2D eigenvalue weighted by Gasteiger charge is 2.23. The molecule has 23 heavy (non-hydrogen) atoms. The van der Waals surface area contributed by atoms with Crippen LogP contribution in [0.5, 0.6) is 0 Å². The normalized spacial score (nSPS) is 16.3. The number of benzene rings is 2. The number of likely N-dealkylation sites (tertiary alicyclic amines) is 1. The van der Waals surface area contributed by atoms with Crippen molar-refractivity contribution in [3.8, 4) is 0 Å². The first-order valence-corrected chi connectivity index (χ1v) is 7.93. The zero-order valence-electron chi connectivity index (χ0n) is 13.0. The van der Waals surface area contributed by atoms with Crippen molar-refractivity contribution in [2.24, 2.45) is 0 Å². The van der Waals surface area contributed by atoms with E-state index in [0.29, 0.717) is 11.6 Å². The minimum atomic E-state index is -0.400. The second-order valence-electron chi connectivity index (χ2n) is 6.11. The van der Waals surface area contributed by atoms with Crippen molar-refractivity contribution in [1.82, 2.24) is 4.90 Å². The number of nitro benzene ring substituents is 1. The zero-order chi connectivity index (χ0) is 16.2. The monoisotopic (exact) mass is 311 g/mol. The quantitative estimate of drug-likeness (QED) is 0.532. The van der Waals surface area contributed by atoms with Gasteiger partial charge in [-0.2, -0.15) is 0 Å². The van der Waals surface area contributed by atoms with E-state index in [1.807, 2.05) is 12.1 Å². The molecule has 0 unspecified atom stereocenters. The summed E-state index contributed by atoms with van der Waals surface area (Å²) >= 11 is 0. The highest BCUT2D eigenvalue weighted by Crippen LogP contribution is 2.33. The number of hydrogen-bond acceptors (Lipinski definition) is 4. The van der Waals surface area contributed by atoms with Gasteiger partial charge >= 0.3 is 0 Å². The Hall–Kier alpha value is -2.40. The summed E-state index contributed by atoms with van der Waals surface area (Å²) in [5, 5.41) is 10.8. The first kappa shape index (κ1) is 15.5. The summed E-state index contributed by atoms with van der Waals surface area (Å²) in [6, 6.07) is 15.3. The summed E-state index contributed by atoms with van der Waals surface area (Å²) in [6.07, 6.45) is 2.07. The predicted molar refractivity (Wildman–Crippen MR) is 91.2 cm³/mol. The molecule has 1 saturated heterocycles. The maximum Gasteiger partial charge on any atom is 0.271 e. The maximum atomic E-state index is 10.8. The van der Waals surface area contributed by atoms with Crippen molar-refractivity contribution in [3.05, 3.63) is 69.8 Å². The summed E-state index contributed by atoms with van der Waals surface area (Å²) in [6.45, 7) is 3.02. The molecule has 0 aromatic heterocycles. The smallest absolute Gasteiger partial charge is 0.271 e. The number of nitrogen functional groups attached to an aromatic ring is 1. The number of anilines is 1. The van der Waals surface area contributed by atoms with E-state index in [0.717, 1.165) is 38.0 Å². The number of non-ortho nitro benzene ring substituents is 1. The van der Waals surface area contributed by atoms with Gasteiger partial charge in [-0.15, -0.1) is 0 Å². The number of nitrogens with two attached hydrogens (primary N) is 1. The van der Waals surface area contributed by atoms with E-state index in [1.165, 1.54) is 11.6 Å². The van der Waals surface area contributed by atoms with Crippen LogP contribution in [0, 0.1) is 10.1 Å².